The summed E-state index contributed by atoms with van der Waals surface area (Å²) in [5.74, 6) is 1.32. The van der Waals surface area contributed by atoms with Gasteiger partial charge in [0.1, 0.15) is 11.6 Å². The summed E-state index contributed by atoms with van der Waals surface area (Å²) in [6, 6.07) is 3.00. The third-order valence-corrected chi connectivity index (χ3v) is 3.90. The third-order valence-electron chi connectivity index (χ3n) is 3.90. The number of nitrogens with one attached hydrogen (secondary N) is 1. The van der Waals surface area contributed by atoms with Gasteiger partial charge in [-0.1, -0.05) is 6.08 Å². The van der Waals surface area contributed by atoms with Crippen LogP contribution in [0.4, 0.5) is 4.39 Å². The molecular formula is C18H27FIN3O2. The van der Waals surface area contributed by atoms with E-state index in [-0.39, 0.29) is 36.6 Å². The van der Waals surface area contributed by atoms with Crippen LogP contribution < -0.4 is 10.1 Å². The van der Waals surface area contributed by atoms with Crippen LogP contribution in [0.25, 0.3) is 0 Å². The van der Waals surface area contributed by atoms with Crippen LogP contribution in [0.2, 0.25) is 0 Å². The van der Waals surface area contributed by atoms with Crippen molar-refractivity contribution in [3.63, 3.8) is 0 Å². The number of rotatable bonds is 7. The number of allylic oxidation sites excluding steroid dienone is 1. The smallest absolute Gasteiger partial charge is 0.193 e. The molecule has 1 aromatic carbocycles. The van der Waals surface area contributed by atoms with E-state index in [9.17, 15) is 4.39 Å². The van der Waals surface area contributed by atoms with Crippen molar-refractivity contribution in [1.82, 2.24) is 10.2 Å². The van der Waals surface area contributed by atoms with Crippen LogP contribution in [0, 0.1) is 5.82 Å². The van der Waals surface area contributed by atoms with Gasteiger partial charge in [0.2, 0.25) is 0 Å². The molecule has 1 aliphatic rings. The number of hydrogen-bond donors (Lipinski definition) is 1. The first-order valence-electron chi connectivity index (χ1n) is 8.20. The fourth-order valence-corrected chi connectivity index (χ4v) is 2.71. The van der Waals surface area contributed by atoms with Crippen molar-refractivity contribution in [2.45, 2.75) is 25.9 Å². The number of aliphatic imine (C=N–C) groups is 1. The molecule has 0 unspecified atom stereocenters. The summed E-state index contributed by atoms with van der Waals surface area (Å²) in [6.45, 7) is 5.89. The quantitative estimate of drug-likeness (QED) is 0.222. The summed E-state index contributed by atoms with van der Waals surface area (Å²) in [5.41, 5.74) is 1.62. The molecule has 0 aliphatic carbocycles. The van der Waals surface area contributed by atoms with Gasteiger partial charge in [-0.15, -0.1) is 30.6 Å². The maximum Gasteiger partial charge on any atom is 0.193 e. The summed E-state index contributed by atoms with van der Waals surface area (Å²) in [6.07, 6.45) is 4.59. The van der Waals surface area contributed by atoms with Gasteiger partial charge >= 0.3 is 0 Å². The van der Waals surface area contributed by atoms with E-state index in [0.717, 1.165) is 42.2 Å². The summed E-state index contributed by atoms with van der Waals surface area (Å²) < 4.78 is 24.5. The Balaban J connectivity index is 0.00000312. The Morgan fingerprint density at radius 2 is 2.28 bits per heavy atom. The Bertz CT molecular complexity index is 596. The van der Waals surface area contributed by atoms with Gasteiger partial charge in [-0.3, -0.25) is 4.99 Å². The predicted molar refractivity (Wildman–Crippen MR) is 109 cm³/mol. The van der Waals surface area contributed by atoms with Gasteiger partial charge in [0.25, 0.3) is 0 Å². The number of benzene rings is 1. The highest BCUT2D eigenvalue weighted by Crippen LogP contribution is 2.29. The zero-order valence-electron chi connectivity index (χ0n) is 14.9. The monoisotopic (exact) mass is 463 g/mol. The molecular weight excluding hydrogens is 436 g/mol. The lowest BCUT2D eigenvalue weighted by molar-refractivity contribution is -0.0172. The van der Waals surface area contributed by atoms with Gasteiger partial charge in [0.05, 0.1) is 6.61 Å². The number of hydrogen-bond acceptors (Lipinski definition) is 3. The molecule has 1 aromatic rings. The van der Waals surface area contributed by atoms with Crippen LogP contribution in [-0.2, 0) is 17.8 Å². The summed E-state index contributed by atoms with van der Waals surface area (Å²) in [7, 11) is 3.76. The fourth-order valence-electron chi connectivity index (χ4n) is 2.71. The number of guanidine groups is 1. The average molecular weight is 463 g/mol. The van der Waals surface area contributed by atoms with E-state index < -0.39 is 0 Å². The van der Waals surface area contributed by atoms with E-state index in [2.05, 4.69) is 21.8 Å². The first kappa shape index (κ1) is 21.7. The van der Waals surface area contributed by atoms with Crippen LogP contribution in [0.3, 0.4) is 0 Å². The largest absolute Gasteiger partial charge is 0.467 e. The molecule has 25 heavy (non-hydrogen) atoms. The molecule has 0 aromatic heterocycles. The molecule has 0 saturated carbocycles. The van der Waals surface area contributed by atoms with Crippen molar-refractivity contribution >= 4 is 29.9 Å². The van der Waals surface area contributed by atoms with Crippen molar-refractivity contribution in [3.8, 4) is 5.75 Å². The highest BCUT2D eigenvalue weighted by Gasteiger charge is 2.17. The van der Waals surface area contributed by atoms with E-state index in [4.69, 9.17) is 9.47 Å². The molecule has 0 saturated heterocycles. The first-order valence-corrected chi connectivity index (χ1v) is 8.20. The number of nitrogens with zero attached hydrogens (tertiary/aromatic N) is 2. The molecule has 2 rings (SSSR count). The molecule has 0 spiro atoms. The Morgan fingerprint density at radius 1 is 1.48 bits per heavy atom. The SMILES string of the molecule is C=CCCCN(C)C(=NC)NCCc1cc(F)cc2c1OCOC2.I. The minimum Gasteiger partial charge on any atom is -0.467 e. The van der Waals surface area contributed by atoms with E-state index in [1.54, 1.807) is 7.05 Å². The lowest BCUT2D eigenvalue weighted by Gasteiger charge is -2.23. The van der Waals surface area contributed by atoms with Gasteiger partial charge in [0.15, 0.2) is 12.8 Å². The van der Waals surface area contributed by atoms with E-state index >= 15 is 0 Å². The van der Waals surface area contributed by atoms with Gasteiger partial charge in [-0.25, -0.2) is 4.39 Å². The van der Waals surface area contributed by atoms with E-state index in [1.807, 2.05) is 13.1 Å². The van der Waals surface area contributed by atoms with Crippen LogP contribution in [0.15, 0.2) is 29.8 Å². The van der Waals surface area contributed by atoms with E-state index in [1.165, 1.54) is 12.1 Å². The number of unbranched alkanes of at least 4 members (excludes halogenated alkanes) is 1. The van der Waals surface area contributed by atoms with Crippen LogP contribution >= 0.6 is 24.0 Å². The molecule has 0 radical (unpaired) electrons. The Labute approximate surface area is 166 Å². The Hall–Kier alpha value is -1.35. The standard InChI is InChI=1S/C18H26FN3O2.HI/c1-4-5-6-9-22(3)18(20-2)21-8-7-14-10-16(19)11-15-12-23-13-24-17(14)15;/h4,10-11H,1,5-9,12-13H2,2-3H3,(H,20,21);1H. The second-order valence-corrected chi connectivity index (χ2v) is 5.74. The summed E-state index contributed by atoms with van der Waals surface area (Å²) >= 11 is 0. The molecule has 140 valence electrons. The van der Waals surface area contributed by atoms with Crippen molar-refractivity contribution in [3.05, 3.63) is 41.7 Å². The number of ether oxygens (including phenoxy) is 2. The number of halogens is 2. The molecule has 1 heterocycles. The van der Waals surface area contributed by atoms with Crippen molar-refractivity contribution in [1.29, 1.82) is 0 Å². The number of fused-ring (bicyclic) bond motifs is 1. The average Bonchev–Trinajstić information content (AvgIpc) is 2.58. The fraction of sp³-hybridized carbons (Fsp3) is 0.500. The third kappa shape index (κ3) is 6.47. The van der Waals surface area contributed by atoms with Crippen molar-refractivity contribution in [2.24, 2.45) is 4.99 Å². The second-order valence-electron chi connectivity index (χ2n) is 5.74. The molecule has 1 N–H and O–H groups in total. The zero-order valence-corrected chi connectivity index (χ0v) is 17.2. The normalized spacial score (nSPS) is 13.3. The second kappa shape index (κ2) is 11.3. The minimum absolute atomic E-state index is 0. The lowest BCUT2D eigenvalue weighted by atomic mass is 10.1. The predicted octanol–water partition coefficient (Wildman–Crippen LogP) is 3.33. The highest BCUT2D eigenvalue weighted by molar-refractivity contribution is 14.0. The lowest BCUT2D eigenvalue weighted by Crippen LogP contribution is -2.40. The highest BCUT2D eigenvalue weighted by atomic mass is 127. The molecule has 0 fully saturated rings. The van der Waals surface area contributed by atoms with Crippen LogP contribution in [0.5, 0.6) is 5.75 Å². The van der Waals surface area contributed by atoms with E-state index in [0.29, 0.717) is 19.6 Å². The van der Waals surface area contributed by atoms with Gasteiger partial charge in [0, 0.05) is 32.7 Å². The zero-order chi connectivity index (χ0) is 17.4. The molecule has 0 atom stereocenters. The van der Waals surface area contributed by atoms with Gasteiger partial charge in [-0.05, 0) is 37.0 Å². The Kier molecular flexibility index (Phi) is 9.81. The van der Waals surface area contributed by atoms with Gasteiger partial charge in [-0.2, -0.15) is 0 Å². The summed E-state index contributed by atoms with van der Waals surface area (Å²) in [5, 5.41) is 3.31. The minimum atomic E-state index is -0.260. The topological polar surface area (TPSA) is 46.1 Å². The molecule has 1 aliphatic heterocycles. The molecule has 5 nitrogen and oxygen atoms in total. The molecule has 0 amide bonds. The summed E-state index contributed by atoms with van der Waals surface area (Å²) in [4.78, 5) is 6.36. The molecule has 0 bridgehead atoms. The van der Waals surface area contributed by atoms with Crippen molar-refractivity contribution in [2.75, 3.05) is 34.0 Å². The van der Waals surface area contributed by atoms with Crippen LogP contribution in [-0.4, -0.2) is 44.8 Å². The van der Waals surface area contributed by atoms with Gasteiger partial charge < -0.3 is 19.7 Å². The maximum atomic E-state index is 13.7. The molecule has 7 heteroatoms. The first-order chi connectivity index (χ1) is 11.7. The van der Waals surface area contributed by atoms with Crippen molar-refractivity contribution < 1.29 is 13.9 Å². The Morgan fingerprint density at radius 3 is 3.00 bits per heavy atom. The van der Waals surface area contributed by atoms with Crippen LogP contribution in [0.1, 0.15) is 24.0 Å². The maximum absolute atomic E-state index is 13.7.